The van der Waals surface area contributed by atoms with E-state index >= 15 is 0 Å². The van der Waals surface area contributed by atoms with E-state index in [4.69, 9.17) is 4.74 Å². The van der Waals surface area contributed by atoms with Gasteiger partial charge in [0.25, 0.3) is 0 Å². The first-order chi connectivity index (χ1) is 10.9. The summed E-state index contributed by atoms with van der Waals surface area (Å²) < 4.78 is 5.28. The second-order valence-corrected chi connectivity index (χ2v) is 6.44. The quantitative estimate of drug-likeness (QED) is 0.627. The molecule has 0 bridgehead atoms. The number of cyclic esters (lactones) is 1. The van der Waals surface area contributed by atoms with E-state index in [0.29, 0.717) is 11.6 Å². The van der Waals surface area contributed by atoms with Gasteiger partial charge in [-0.25, -0.2) is 9.79 Å². The molecule has 1 aromatic carbocycles. The molecule has 0 N–H and O–H groups in total. The Labute approximate surface area is 135 Å². The highest BCUT2D eigenvalue weighted by Crippen LogP contribution is 2.24. The van der Waals surface area contributed by atoms with Gasteiger partial charge in [0.15, 0.2) is 5.70 Å². The molecule has 23 heavy (non-hydrogen) atoms. The zero-order valence-corrected chi connectivity index (χ0v) is 13.4. The third-order valence-corrected chi connectivity index (χ3v) is 3.63. The Hall–Kier alpha value is -2.75. The number of nitrogens with zero attached hydrogens (tertiary/aromatic N) is 2. The van der Waals surface area contributed by atoms with Gasteiger partial charge in [-0.1, -0.05) is 32.9 Å². The van der Waals surface area contributed by atoms with Crippen molar-refractivity contribution in [1.82, 2.24) is 4.98 Å². The van der Waals surface area contributed by atoms with Crippen molar-refractivity contribution in [2.45, 2.75) is 26.2 Å². The molecular formula is C19H18N2O2. The number of carbonyl (C=O) groups is 1. The lowest BCUT2D eigenvalue weighted by Crippen LogP contribution is -2.11. The fraction of sp³-hybridized carbons (Fsp3) is 0.211. The highest BCUT2D eigenvalue weighted by molar-refractivity contribution is 6.12. The molecule has 0 saturated heterocycles. The standard InChI is InChI=1S/C19H18N2O2/c1-19(2,3)15-6-4-14(5-7-15)17-21-16(18(22)23-17)12-13-8-10-20-11-9-13/h4-12H,1-3H3. The zero-order chi connectivity index (χ0) is 16.4. The van der Waals surface area contributed by atoms with Crippen LogP contribution in [0.2, 0.25) is 0 Å². The van der Waals surface area contributed by atoms with Crippen LogP contribution in [0.5, 0.6) is 0 Å². The minimum Gasteiger partial charge on any atom is -0.402 e. The maximum Gasteiger partial charge on any atom is 0.363 e. The van der Waals surface area contributed by atoms with E-state index in [-0.39, 0.29) is 5.41 Å². The minimum absolute atomic E-state index is 0.0824. The maximum absolute atomic E-state index is 12.0. The van der Waals surface area contributed by atoms with Crippen molar-refractivity contribution in [1.29, 1.82) is 0 Å². The molecule has 3 rings (SSSR count). The van der Waals surface area contributed by atoms with Gasteiger partial charge in [-0.05, 0) is 46.9 Å². The average Bonchev–Trinajstić information content (AvgIpc) is 2.89. The van der Waals surface area contributed by atoms with E-state index in [1.54, 1.807) is 18.5 Å². The van der Waals surface area contributed by atoms with Crippen molar-refractivity contribution < 1.29 is 9.53 Å². The average molecular weight is 306 g/mol. The molecule has 0 radical (unpaired) electrons. The van der Waals surface area contributed by atoms with Crippen molar-refractivity contribution in [2.24, 2.45) is 4.99 Å². The number of carbonyl (C=O) groups excluding carboxylic acids is 1. The molecule has 0 spiro atoms. The number of ether oxygens (including phenoxy) is 1. The van der Waals surface area contributed by atoms with Crippen LogP contribution in [-0.4, -0.2) is 16.9 Å². The van der Waals surface area contributed by atoms with Crippen LogP contribution < -0.4 is 0 Å². The Morgan fingerprint density at radius 3 is 2.26 bits per heavy atom. The zero-order valence-electron chi connectivity index (χ0n) is 13.4. The summed E-state index contributed by atoms with van der Waals surface area (Å²) in [5, 5.41) is 0. The van der Waals surface area contributed by atoms with Crippen LogP contribution in [0.4, 0.5) is 0 Å². The van der Waals surface area contributed by atoms with Crippen LogP contribution in [0.3, 0.4) is 0 Å². The minimum atomic E-state index is -0.434. The number of pyridine rings is 1. The second-order valence-electron chi connectivity index (χ2n) is 6.44. The second kappa shape index (κ2) is 5.80. The van der Waals surface area contributed by atoms with E-state index in [2.05, 4.69) is 30.7 Å². The summed E-state index contributed by atoms with van der Waals surface area (Å²) in [6.45, 7) is 6.47. The van der Waals surface area contributed by atoms with Gasteiger partial charge in [0, 0.05) is 18.0 Å². The molecular weight excluding hydrogens is 288 g/mol. The fourth-order valence-electron chi connectivity index (χ4n) is 2.26. The first-order valence-electron chi connectivity index (χ1n) is 7.47. The Kier molecular flexibility index (Phi) is 3.82. The maximum atomic E-state index is 12.0. The molecule has 0 fully saturated rings. The summed E-state index contributed by atoms with van der Waals surface area (Å²) in [6, 6.07) is 11.6. The predicted molar refractivity (Wildman–Crippen MR) is 90.0 cm³/mol. The molecule has 2 heterocycles. The normalized spacial score (nSPS) is 16.4. The smallest absolute Gasteiger partial charge is 0.363 e. The van der Waals surface area contributed by atoms with Crippen LogP contribution in [0, 0.1) is 0 Å². The Morgan fingerprint density at radius 1 is 1.00 bits per heavy atom. The predicted octanol–water partition coefficient (Wildman–Crippen LogP) is 3.72. The van der Waals surface area contributed by atoms with E-state index in [1.165, 1.54) is 5.56 Å². The number of benzene rings is 1. The van der Waals surface area contributed by atoms with Crippen LogP contribution in [-0.2, 0) is 14.9 Å². The highest BCUT2D eigenvalue weighted by Gasteiger charge is 2.24. The summed E-state index contributed by atoms with van der Waals surface area (Å²) in [4.78, 5) is 20.2. The summed E-state index contributed by atoms with van der Waals surface area (Å²) in [5.41, 5.74) is 3.26. The van der Waals surface area contributed by atoms with Crippen molar-refractivity contribution in [3.05, 3.63) is 71.2 Å². The Bertz CT molecular complexity index is 782. The number of hydrogen-bond donors (Lipinski definition) is 0. The molecule has 116 valence electrons. The van der Waals surface area contributed by atoms with E-state index < -0.39 is 5.97 Å². The molecule has 0 atom stereocenters. The van der Waals surface area contributed by atoms with E-state index in [9.17, 15) is 4.79 Å². The van der Waals surface area contributed by atoms with Gasteiger partial charge in [0.05, 0.1) is 0 Å². The van der Waals surface area contributed by atoms with Gasteiger partial charge in [-0.2, -0.15) is 0 Å². The Morgan fingerprint density at radius 2 is 1.65 bits per heavy atom. The number of aromatic nitrogens is 1. The molecule has 0 amide bonds. The lowest BCUT2D eigenvalue weighted by Gasteiger charge is -2.18. The molecule has 0 aliphatic carbocycles. The van der Waals surface area contributed by atoms with Crippen molar-refractivity contribution in [2.75, 3.05) is 0 Å². The highest BCUT2D eigenvalue weighted by atomic mass is 16.6. The van der Waals surface area contributed by atoms with Gasteiger partial charge >= 0.3 is 5.97 Å². The molecule has 4 heteroatoms. The number of hydrogen-bond acceptors (Lipinski definition) is 4. The first-order valence-corrected chi connectivity index (χ1v) is 7.47. The molecule has 1 aromatic heterocycles. The molecule has 4 nitrogen and oxygen atoms in total. The number of rotatable bonds is 2. The number of esters is 1. The molecule has 0 unspecified atom stereocenters. The van der Waals surface area contributed by atoms with Crippen LogP contribution in [0.25, 0.3) is 6.08 Å². The third-order valence-electron chi connectivity index (χ3n) is 3.63. The topological polar surface area (TPSA) is 51.5 Å². The molecule has 1 aliphatic rings. The molecule has 2 aromatic rings. The molecule has 1 aliphatic heterocycles. The van der Waals surface area contributed by atoms with E-state index in [1.807, 2.05) is 36.4 Å². The summed E-state index contributed by atoms with van der Waals surface area (Å²) in [7, 11) is 0. The van der Waals surface area contributed by atoms with Gasteiger partial charge in [0.2, 0.25) is 5.90 Å². The van der Waals surface area contributed by atoms with Crippen molar-refractivity contribution >= 4 is 17.9 Å². The largest absolute Gasteiger partial charge is 0.402 e. The van der Waals surface area contributed by atoms with E-state index in [0.717, 1.165) is 11.1 Å². The number of aliphatic imine (C=N–C) groups is 1. The van der Waals surface area contributed by atoms with Gasteiger partial charge in [-0.15, -0.1) is 0 Å². The van der Waals surface area contributed by atoms with Crippen LogP contribution in [0.15, 0.2) is 59.5 Å². The first kappa shape index (κ1) is 15.2. The molecule has 0 saturated carbocycles. The summed E-state index contributed by atoms with van der Waals surface area (Å²) in [6.07, 6.45) is 5.03. The SMILES string of the molecule is CC(C)(C)c1ccc(C2=NC(=Cc3ccncc3)C(=O)O2)cc1. The van der Waals surface area contributed by atoms with Crippen LogP contribution in [0.1, 0.15) is 37.5 Å². The lowest BCUT2D eigenvalue weighted by molar-refractivity contribution is -0.129. The van der Waals surface area contributed by atoms with Gasteiger partial charge in [0.1, 0.15) is 0 Å². The van der Waals surface area contributed by atoms with Crippen molar-refractivity contribution in [3.8, 4) is 0 Å². The third kappa shape index (κ3) is 3.37. The Balaban J connectivity index is 1.88. The van der Waals surface area contributed by atoms with Gasteiger partial charge < -0.3 is 4.74 Å². The fourth-order valence-corrected chi connectivity index (χ4v) is 2.26. The monoisotopic (exact) mass is 306 g/mol. The lowest BCUT2D eigenvalue weighted by atomic mass is 9.87. The summed E-state index contributed by atoms with van der Waals surface area (Å²) >= 11 is 0. The van der Waals surface area contributed by atoms with Crippen molar-refractivity contribution in [3.63, 3.8) is 0 Å². The van der Waals surface area contributed by atoms with Crippen LogP contribution >= 0.6 is 0 Å². The summed E-state index contributed by atoms with van der Waals surface area (Å²) in [5.74, 6) is -0.0903. The van der Waals surface area contributed by atoms with Gasteiger partial charge in [-0.3, -0.25) is 4.98 Å².